The molecule has 0 unspecified atom stereocenters. The molecule has 0 atom stereocenters. The number of fused-ring (bicyclic) bond motifs is 5. The summed E-state index contributed by atoms with van der Waals surface area (Å²) in [7, 11) is 0. The zero-order valence-electron chi connectivity index (χ0n) is 50.4. The molecule has 9 rings (SSSR count). The van der Waals surface area contributed by atoms with E-state index >= 15 is 0 Å². The van der Waals surface area contributed by atoms with E-state index in [-0.39, 0.29) is 0 Å². The van der Waals surface area contributed by atoms with Gasteiger partial charge in [0.25, 0.3) is 0 Å². The molecule has 45 heavy (non-hydrogen) atoms. The molecule has 0 saturated heterocycles. The number of para-hydroxylation sites is 2. The van der Waals surface area contributed by atoms with Gasteiger partial charge in [0.2, 0.25) is 0 Å². The first kappa shape index (κ1) is 10.1. The van der Waals surface area contributed by atoms with Crippen molar-refractivity contribution < 1.29 is 42.8 Å². The lowest BCUT2D eigenvalue weighted by atomic mass is 9.85. The van der Waals surface area contributed by atoms with Crippen LogP contribution in [0.15, 0.2) is 174 Å². The molecule has 1 heterocycles. The Morgan fingerprint density at radius 3 is 1.47 bits per heavy atom. The molecule has 8 aromatic carbocycles. The van der Waals surface area contributed by atoms with E-state index in [1.807, 2.05) is 0 Å². The van der Waals surface area contributed by atoms with Crippen molar-refractivity contribution in [2.75, 3.05) is 0 Å². The Morgan fingerprint density at radius 1 is 0.333 bits per heavy atom. The van der Waals surface area contributed by atoms with Gasteiger partial charge < -0.3 is 4.42 Å². The van der Waals surface area contributed by atoms with Crippen LogP contribution in [0, 0.1) is 0 Å². The van der Waals surface area contributed by atoms with Gasteiger partial charge in [-0.1, -0.05) is 157 Å². The van der Waals surface area contributed by atoms with Crippen LogP contribution in [0.25, 0.3) is 88.0 Å². The maximum absolute atomic E-state index is 9.53. The second-order valence-electron chi connectivity index (χ2n) is 9.51. The van der Waals surface area contributed by atoms with Crippen molar-refractivity contribution in [2.45, 2.75) is 0 Å². The van der Waals surface area contributed by atoms with Crippen LogP contribution in [0.5, 0.6) is 0 Å². The monoisotopic (exact) mass is 600 g/mol. The molecular formula is C44H28O. The van der Waals surface area contributed by atoms with E-state index in [2.05, 4.69) is 0 Å². The van der Waals surface area contributed by atoms with Gasteiger partial charge >= 0.3 is 0 Å². The van der Waals surface area contributed by atoms with Crippen LogP contribution in [-0.2, 0) is 0 Å². The van der Waals surface area contributed by atoms with Crippen molar-refractivity contribution in [1.82, 2.24) is 0 Å². The van der Waals surface area contributed by atoms with E-state index in [0.29, 0.717) is 0 Å². The third kappa shape index (κ3) is 4.17. The Hall–Kier alpha value is -5.92. The molecule has 0 aliphatic rings. The standard InChI is InChI=1S/C44H28O/c1-2-12-30(13-3-1)42-36-17-4-6-19-38(36)43(39-20-7-5-18-37(39)42)31-26-24-29(25-27-31)32-14-10-15-33(28-32)34-21-11-22-40-35-16-8-9-23-41(35)45-44(34)40/h1-28H/i1D,2D,3D,4D,5D,6D,7D,8D,9D,10D,11D,12D,13D,14D,15D,16D,17D,18D,19D,20D,21D,22D,23D,24D,25D,26D,27D,28D. The Morgan fingerprint density at radius 2 is 0.800 bits per heavy atom. The molecule has 0 radical (unpaired) electrons. The SMILES string of the molecule is [2H]c1c([2H])c([2H])c(-c2c3c([2H])c([2H])c([2H])c([2H])c3c(-c3c([2H])c([2H])c(-c4c([2H])c([2H])c([2H])c(-c5c([2H])c([2H])c([2H])c6c5oc5c([2H])c([2H])c([2H])c([2H])c56)c4[2H])c([2H])c3[2H])c3c([2H])c([2H])c([2H])c([2H])c23)c([2H])c1[2H]. The highest BCUT2D eigenvalue weighted by Gasteiger charge is 2.17. The first-order valence-electron chi connectivity index (χ1n) is 27.2. The van der Waals surface area contributed by atoms with Crippen LogP contribution in [0.2, 0.25) is 0 Å². The van der Waals surface area contributed by atoms with Crippen molar-refractivity contribution >= 4 is 43.5 Å². The molecule has 0 bridgehead atoms. The topological polar surface area (TPSA) is 13.1 Å². The quantitative estimate of drug-likeness (QED) is 0.183. The zero-order valence-corrected chi connectivity index (χ0v) is 22.4. The van der Waals surface area contributed by atoms with Gasteiger partial charge in [-0.3, -0.25) is 0 Å². The molecule has 210 valence electrons. The fourth-order valence-corrected chi connectivity index (χ4v) is 5.16. The van der Waals surface area contributed by atoms with E-state index in [0.717, 1.165) is 0 Å². The molecule has 0 aliphatic carbocycles. The average Bonchev–Trinajstić information content (AvgIpc) is 3.76. The molecule has 0 fully saturated rings. The average molecular weight is 601 g/mol. The summed E-state index contributed by atoms with van der Waals surface area (Å²) in [6.45, 7) is 0. The van der Waals surface area contributed by atoms with Crippen LogP contribution < -0.4 is 0 Å². The summed E-state index contributed by atoms with van der Waals surface area (Å²) in [5.74, 6) is 0. The lowest BCUT2D eigenvalue weighted by Crippen LogP contribution is -1.90. The minimum Gasteiger partial charge on any atom is -0.455 e. The number of furan rings is 1. The van der Waals surface area contributed by atoms with Crippen molar-refractivity contribution in [1.29, 1.82) is 0 Å². The molecular weight excluding hydrogens is 544 g/mol. The van der Waals surface area contributed by atoms with Gasteiger partial charge in [0.15, 0.2) is 0 Å². The normalized spacial score (nSPS) is 20.3. The molecule has 0 saturated carbocycles. The summed E-state index contributed by atoms with van der Waals surface area (Å²) >= 11 is 0. The molecule has 1 aromatic heterocycles. The fraction of sp³-hybridized carbons (Fsp3) is 0. The minimum atomic E-state index is -1.13. The second-order valence-corrected chi connectivity index (χ2v) is 9.51. The Balaban J connectivity index is 1.47. The molecule has 0 aliphatic heterocycles. The van der Waals surface area contributed by atoms with E-state index in [1.54, 1.807) is 0 Å². The summed E-state index contributed by atoms with van der Waals surface area (Å²) in [5, 5.41) is -3.73. The van der Waals surface area contributed by atoms with Crippen LogP contribution in [0.4, 0.5) is 0 Å². The Labute approximate surface area is 301 Å². The molecule has 0 N–H and O–H groups in total. The smallest absolute Gasteiger partial charge is 0.143 e. The molecule has 0 spiro atoms. The largest absolute Gasteiger partial charge is 0.455 e. The van der Waals surface area contributed by atoms with Crippen LogP contribution in [0.3, 0.4) is 0 Å². The van der Waals surface area contributed by atoms with E-state index < -0.39 is 257 Å². The van der Waals surface area contributed by atoms with Crippen LogP contribution in [-0.4, -0.2) is 0 Å². The second kappa shape index (κ2) is 10.4. The number of hydrogen-bond acceptors (Lipinski definition) is 1. The molecule has 0 amide bonds. The third-order valence-electron chi connectivity index (χ3n) is 7.06. The summed E-state index contributed by atoms with van der Waals surface area (Å²) in [4.78, 5) is 0. The van der Waals surface area contributed by atoms with Gasteiger partial charge in [-0.15, -0.1) is 0 Å². The highest BCUT2D eigenvalue weighted by atomic mass is 16.3. The van der Waals surface area contributed by atoms with Gasteiger partial charge in [-0.2, -0.15) is 0 Å². The third-order valence-corrected chi connectivity index (χ3v) is 7.06. The summed E-state index contributed by atoms with van der Waals surface area (Å²) in [5.41, 5.74) is -7.49. The lowest BCUT2D eigenvalue weighted by Gasteiger charge is -2.18. The summed E-state index contributed by atoms with van der Waals surface area (Å²) in [6.07, 6.45) is 0. The van der Waals surface area contributed by atoms with Crippen molar-refractivity contribution in [3.63, 3.8) is 0 Å². The maximum atomic E-state index is 9.53. The van der Waals surface area contributed by atoms with Crippen molar-refractivity contribution in [3.05, 3.63) is 169 Å². The van der Waals surface area contributed by atoms with Crippen molar-refractivity contribution in [2.24, 2.45) is 0 Å². The maximum Gasteiger partial charge on any atom is 0.143 e. The summed E-state index contributed by atoms with van der Waals surface area (Å²) < 4.78 is 255. The van der Waals surface area contributed by atoms with E-state index in [4.69, 9.17) is 30.5 Å². The first-order valence-corrected chi connectivity index (χ1v) is 13.2. The highest BCUT2D eigenvalue weighted by Crippen LogP contribution is 2.44. The number of benzene rings is 8. The number of hydrogen-bond donors (Lipinski definition) is 0. The van der Waals surface area contributed by atoms with E-state index in [9.17, 15) is 12.3 Å². The molecule has 1 nitrogen and oxygen atoms in total. The zero-order chi connectivity index (χ0) is 54.1. The summed E-state index contributed by atoms with van der Waals surface area (Å²) in [6, 6.07) is -26.5. The van der Waals surface area contributed by atoms with Gasteiger partial charge in [0.05, 0.1) is 38.4 Å². The Bertz CT molecular complexity index is 3980. The molecule has 1 heteroatoms. The molecule has 9 aromatic rings. The van der Waals surface area contributed by atoms with Crippen LogP contribution in [0.1, 0.15) is 38.4 Å². The lowest BCUT2D eigenvalue weighted by molar-refractivity contribution is 0.670. The van der Waals surface area contributed by atoms with Gasteiger partial charge in [-0.25, -0.2) is 0 Å². The van der Waals surface area contributed by atoms with Crippen molar-refractivity contribution in [3.8, 4) is 44.5 Å². The minimum absolute atomic E-state index is 0.395. The predicted octanol–water partition coefficient (Wildman–Crippen LogP) is 12.6. The van der Waals surface area contributed by atoms with Gasteiger partial charge in [0.1, 0.15) is 11.2 Å². The first-order chi connectivity index (χ1) is 34.0. The number of rotatable bonds is 4. The van der Waals surface area contributed by atoms with Crippen LogP contribution >= 0.6 is 0 Å². The Kier molecular flexibility index (Phi) is 2.32. The van der Waals surface area contributed by atoms with Gasteiger partial charge in [0, 0.05) is 16.3 Å². The highest BCUT2D eigenvalue weighted by molar-refractivity contribution is 6.21. The van der Waals surface area contributed by atoms with E-state index in [1.165, 1.54) is 0 Å². The van der Waals surface area contributed by atoms with Gasteiger partial charge in [-0.05, 0) is 72.6 Å². The fourth-order valence-electron chi connectivity index (χ4n) is 5.16. The predicted molar refractivity (Wildman–Crippen MR) is 190 cm³/mol.